The van der Waals surface area contributed by atoms with E-state index in [0.29, 0.717) is 0 Å². The molecule has 0 radical (unpaired) electrons. The van der Waals surface area contributed by atoms with Crippen LogP contribution in [-0.2, 0) is 15.6 Å². The lowest BCUT2D eigenvalue weighted by atomic mass is 10.2. The normalized spacial score (nSPS) is 15.6. The number of hydrogen-bond acceptors (Lipinski definition) is 6. The molecule has 112 valence electrons. The molecule has 2 aromatic rings. The van der Waals surface area contributed by atoms with Gasteiger partial charge in [-0.15, -0.1) is 10.2 Å². The second kappa shape index (κ2) is 5.73. The fourth-order valence-electron chi connectivity index (χ4n) is 2.33. The highest BCUT2D eigenvalue weighted by Gasteiger charge is 2.24. The number of nitrogens with zero attached hydrogens (tertiary/aromatic N) is 3. The Labute approximate surface area is 128 Å². The zero-order chi connectivity index (χ0) is 14.9. The maximum Gasteiger partial charge on any atom is 0.234 e. The van der Waals surface area contributed by atoms with Crippen molar-refractivity contribution in [3.63, 3.8) is 0 Å². The number of rotatable bonds is 4. The summed E-state index contributed by atoms with van der Waals surface area (Å²) in [5, 5.41) is 8.64. The minimum Gasteiger partial charge on any atom is -0.347 e. The van der Waals surface area contributed by atoms with Gasteiger partial charge < -0.3 is 4.90 Å². The first-order valence-corrected chi connectivity index (χ1v) is 9.38. The predicted molar refractivity (Wildman–Crippen MR) is 83.4 cm³/mol. The van der Waals surface area contributed by atoms with E-state index in [0.717, 1.165) is 42.2 Å². The van der Waals surface area contributed by atoms with Gasteiger partial charge >= 0.3 is 0 Å². The summed E-state index contributed by atoms with van der Waals surface area (Å²) in [7, 11) is -3.42. The SMILES string of the molecule is Cc1ccc(CS(=O)(=O)c2nnc(N3CCCC3)s2)cc1. The minimum atomic E-state index is -3.42. The van der Waals surface area contributed by atoms with Gasteiger partial charge in [0.25, 0.3) is 0 Å². The smallest absolute Gasteiger partial charge is 0.234 e. The lowest BCUT2D eigenvalue weighted by Crippen LogP contribution is -2.17. The number of aromatic nitrogens is 2. The van der Waals surface area contributed by atoms with Crippen LogP contribution in [0.3, 0.4) is 0 Å². The van der Waals surface area contributed by atoms with E-state index in [4.69, 9.17) is 0 Å². The largest absolute Gasteiger partial charge is 0.347 e. The Bertz CT molecular complexity index is 717. The van der Waals surface area contributed by atoms with E-state index in [2.05, 4.69) is 15.1 Å². The van der Waals surface area contributed by atoms with E-state index in [9.17, 15) is 8.42 Å². The highest BCUT2D eigenvalue weighted by atomic mass is 32.2. The van der Waals surface area contributed by atoms with Gasteiger partial charge in [-0.05, 0) is 25.3 Å². The molecule has 2 heterocycles. The van der Waals surface area contributed by atoms with Crippen LogP contribution >= 0.6 is 11.3 Å². The number of aryl methyl sites for hydroxylation is 1. The van der Waals surface area contributed by atoms with E-state index in [1.54, 1.807) is 0 Å². The third kappa shape index (κ3) is 3.24. The van der Waals surface area contributed by atoms with Crippen LogP contribution in [0.2, 0.25) is 0 Å². The molecule has 3 rings (SSSR count). The molecule has 0 unspecified atom stereocenters. The van der Waals surface area contributed by atoms with Crippen molar-refractivity contribution in [2.24, 2.45) is 0 Å². The van der Waals surface area contributed by atoms with Gasteiger partial charge in [0.05, 0.1) is 5.75 Å². The molecule has 0 amide bonds. The van der Waals surface area contributed by atoms with Crippen molar-refractivity contribution in [2.75, 3.05) is 18.0 Å². The number of hydrogen-bond donors (Lipinski definition) is 0. The van der Waals surface area contributed by atoms with Crippen LogP contribution in [0.15, 0.2) is 28.6 Å². The fourth-order valence-corrected chi connectivity index (χ4v) is 4.79. The van der Waals surface area contributed by atoms with Crippen molar-refractivity contribution in [1.29, 1.82) is 0 Å². The molecular formula is C14H17N3O2S2. The molecule has 1 aliphatic heterocycles. The van der Waals surface area contributed by atoms with Crippen LogP contribution in [-0.4, -0.2) is 31.7 Å². The molecule has 0 aliphatic carbocycles. The summed E-state index contributed by atoms with van der Waals surface area (Å²) >= 11 is 1.18. The first-order chi connectivity index (χ1) is 10.0. The molecule has 1 aromatic heterocycles. The molecule has 0 saturated carbocycles. The Morgan fingerprint density at radius 1 is 1.14 bits per heavy atom. The molecular weight excluding hydrogens is 306 g/mol. The molecule has 1 fully saturated rings. The molecule has 0 N–H and O–H groups in total. The van der Waals surface area contributed by atoms with Gasteiger partial charge in [0.15, 0.2) is 0 Å². The van der Waals surface area contributed by atoms with Gasteiger partial charge in [0.2, 0.25) is 19.3 Å². The quantitative estimate of drug-likeness (QED) is 0.864. The van der Waals surface area contributed by atoms with Crippen LogP contribution in [0.25, 0.3) is 0 Å². The summed E-state index contributed by atoms with van der Waals surface area (Å²) in [5.74, 6) is -0.0259. The highest BCUT2D eigenvalue weighted by molar-refractivity contribution is 7.92. The molecule has 0 bridgehead atoms. The number of sulfone groups is 1. The molecule has 1 aromatic carbocycles. The van der Waals surface area contributed by atoms with Crippen LogP contribution < -0.4 is 4.90 Å². The summed E-state index contributed by atoms with van der Waals surface area (Å²) in [4.78, 5) is 2.10. The zero-order valence-corrected chi connectivity index (χ0v) is 13.5. The van der Waals surface area contributed by atoms with Gasteiger partial charge in [0.1, 0.15) is 0 Å². The standard InChI is InChI=1S/C14H17N3O2S2/c1-11-4-6-12(7-5-11)10-21(18,19)14-16-15-13(20-14)17-8-2-3-9-17/h4-7H,2-3,8-10H2,1H3. The molecule has 0 spiro atoms. The van der Waals surface area contributed by atoms with Gasteiger partial charge in [-0.25, -0.2) is 8.42 Å². The molecule has 1 saturated heterocycles. The number of anilines is 1. The van der Waals surface area contributed by atoms with Crippen molar-refractivity contribution in [3.05, 3.63) is 35.4 Å². The van der Waals surface area contributed by atoms with Gasteiger partial charge in [-0.2, -0.15) is 0 Å². The fraction of sp³-hybridized carbons (Fsp3) is 0.429. The summed E-state index contributed by atoms with van der Waals surface area (Å²) < 4.78 is 24.9. The molecule has 0 atom stereocenters. The maximum atomic E-state index is 12.4. The number of benzene rings is 1. The maximum absolute atomic E-state index is 12.4. The molecule has 1 aliphatic rings. The lowest BCUT2D eigenvalue weighted by molar-refractivity contribution is 0.593. The summed E-state index contributed by atoms with van der Waals surface area (Å²) in [5.41, 5.74) is 1.89. The van der Waals surface area contributed by atoms with Crippen LogP contribution in [0.4, 0.5) is 5.13 Å². The van der Waals surface area contributed by atoms with E-state index in [1.807, 2.05) is 31.2 Å². The summed E-state index contributed by atoms with van der Waals surface area (Å²) in [6.07, 6.45) is 2.26. The Hall–Kier alpha value is -1.47. The first-order valence-electron chi connectivity index (χ1n) is 6.91. The van der Waals surface area contributed by atoms with Crippen LogP contribution in [0, 0.1) is 6.92 Å². The highest BCUT2D eigenvalue weighted by Crippen LogP contribution is 2.28. The monoisotopic (exact) mass is 323 g/mol. The van der Waals surface area contributed by atoms with E-state index >= 15 is 0 Å². The first kappa shape index (κ1) is 14.5. The van der Waals surface area contributed by atoms with Crippen molar-refractivity contribution in [1.82, 2.24) is 10.2 Å². The average Bonchev–Trinajstić information content (AvgIpc) is 3.11. The van der Waals surface area contributed by atoms with E-state index in [-0.39, 0.29) is 10.1 Å². The Morgan fingerprint density at radius 3 is 2.48 bits per heavy atom. The van der Waals surface area contributed by atoms with Crippen molar-refractivity contribution < 1.29 is 8.42 Å². The average molecular weight is 323 g/mol. The van der Waals surface area contributed by atoms with E-state index in [1.165, 1.54) is 11.3 Å². The zero-order valence-electron chi connectivity index (χ0n) is 11.8. The summed E-state index contributed by atoms with van der Waals surface area (Å²) in [6, 6.07) is 7.52. The summed E-state index contributed by atoms with van der Waals surface area (Å²) in [6.45, 7) is 3.85. The molecule has 7 heteroatoms. The van der Waals surface area contributed by atoms with Crippen molar-refractivity contribution in [3.8, 4) is 0 Å². The third-order valence-corrected chi connectivity index (χ3v) is 6.63. The predicted octanol–water partition coefficient (Wildman–Crippen LogP) is 2.42. The lowest BCUT2D eigenvalue weighted by Gasteiger charge is -2.10. The minimum absolute atomic E-state index is 0.0259. The van der Waals surface area contributed by atoms with Crippen LogP contribution in [0.5, 0.6) is 0 Å². The van der Waals surface area contributed by atoms with Crippen molar-refractivity contribution >= 4 is 26.3 Å². The van der Waals surface area contributed by atoms with E-state index < -0.39 is 9.84 Å². The van der Waals surface area contributed by atoms with Crippen LogP contribution in [0.1, 0.15) is 24.0 Å². The second-order valence-electron chi connectivity index (χ2n) is 5.29. The Morgan fingerprint density at radius 2 is 1.81 bits per heavy atom. The third-order valence-electron chi connectivity index (χ3n) is 3.52. The van der Waals surface area contributed by atoms with Gasteiger partial charge in [-0.1, -0.05) is 41.2 Å². The second-order valence-corrected chi connectivity index (χ2v) is 8.41. The van der Waals surface area contributed by atoms with Gasteiger partial charge in [0, 0.05) is 13.1 Å². The Kier molecular flexibility index (Phi) is 3.95. The molecule has 5 nitrogen and oxygen atoms in total. The Balaban J connectivity index is 1.79. The van der Waals surface area contributed by atoms with Gasteiger partial charge in [-0.3, -0.25) is 0 Å². The van der Waals surface area contributed by atoms with Crippen molar-refractivity contribution in [2.45, 2.75) is 29.9 Å². The molecule has 21 heavy (non-hydrogen) atoms. The topological polar surface area (TPSA) is 63.2 Å².